The van der Waals surface area contributed by atoms with E-state index in [0.29, 0.717) is 25.3 Å². The summed E-state index contributed by atoms with van der Waals surface area (Å²) in [5.41, 5.74) is 0.371. The third kappa shape index (κ3) is 7.84. The van der Waals surface area contributed by atoms with Gasteiger partial charge in [0.05, 0.1) is 13.2 Å². The van der Waals surface area contributed by atoms with Gasteiger partial charge in [0.15, 0.2) is 0 Å². The third-order valence-corrected chi connectivity index (χ3v) is 2.41. The van der Waals surface area contributed by atoms with Crippen LogP contribution in [0.3, 0.4) is 0 Å². The Kier molecular flexibility index (Phi) is 8.92. The van der Waals surface area contributed by atoms with E-state index in [9.17, 15) is 9.59 Å². The molecule has 0 aromatic rings. The van der Waals surface area contributed by atoms with E-state index in [0.717, 1.165) is 6.42 Å². The number of ether oxygens (including phenoxy) is 2. The van der Waals surface area contributed by atoms with Crippen LogP contribution in [0.2, 0.25) is 0 Å². The van der Waals surface area contributed by atoms with E-state index in [4.69, 9.17) is 9.47 Å². The molecule has 1 unspecified atom stereocenters. The molecule has 0 radical (unpaired) electrons. The molecule has 0 heterocycles. The van der Waals surface area contributed by atoms with Crippen molar-refractivity contribution >= 4 is 11.9 Å². The minimum absolute atomic E-state index is 0.0292. The maximum atomic E-state index is 11.4. The number of amides is 1. The minimum atomic E-state index is -0.413. The van der Waals surface area contributed by atoms with Gasteiger partial charge in [0.2, 0.25) is 5.91 Å². The van der Waals surface area contributed by atoms with Gasteiger partial charge in [-0.25, -0.2) is 4.79 Å². The molecule has 5 nitrogen and oxygen atoms in total. The normalized spacial score (nSPS) is 11.7. The summed E-state index contributed by atoms with van der Waals surface area (Å²) in [6.07, 6.45) is 0.823. The lowest BCUT2D eigenvalue weighted by molar-refractivity contribution is -0.140. The highest BCUT2D eigenvalue weighted by Gasteiger charge is 2.08. The molecule has 0 aliphatic heterocycles. The summed E-state index contributed by atoms with van der Waals surface area (Å²) in [5.74, 6) is -0.347. The molecular weight excluding hydrogens is 234 g/mol. The van der Waals surface area contributed by atoms with Crippen molar-refractivity contribution in [1.29, 1.82) is 0 Å². The van der Waals surface area contributed by atoms with E-state index in [-0.39, 0.29) is 18.4 Å². The number of esters is 1. The molecule has 18 heavy (non-hydrogen) atoms. The first kappa shape index (κ1) is 16.6. The first-order chi connectivity index (χ1) is 8.49. The van der Waals surface area contributed by atoms with Gasteiger partial charge in [-0.1, -0.05) is 20.4 Å². The highest BCUT2D eigenvalue weighted by atomic mass is 16.6. The first-order valence-corrected chi connectivity index (χ1v) is 6.17. The van der Waals surface area contributed by atoms with Crippen LogP contribution in [-0.2, 0) is 19.1 Å². The fourth-order valence-corrected chi connectivity index (χ4v) is 1.02. The number of rotatable bonds is 9. The molecule has 0 aromatic carbocycles. The van der Waals surface area contributed by atoms with E-state index in [1.165, 1.54) is 0 Å². The lowest BCUT2D eigenvalue weighted by atomic mass is 10.1. The van der Waals surface area contributed by atoms with Crippen LogP contribution in [0.4, 0.5) is 0 Å². The van der Waals surface area contributed by atoms with E-state index in [2.05, 4.69) is 11.9 Å². The molecule has 0 saturated heterocycles. The zero-order chi connectivity index (χ0) is 14.0. The second kappa shape index (κ2) is 9.65. The average molecular weight is 257 g/mol. The van der Waals surface area contributed by atoms with Gasteiger partial charge in [-0.2, -0.15) is 0 Å². The molecular formula is C13H23NO4. The van der Waals surface area contributed by atoms with Gasteiger partial charge in [-0.3, -0.25) is 4.79 Å². The van der Waals surface area contributed by atoms with Crippen LogP contribution in [0.25, 0.3) is 0 Å². The standard InChI is InChI=1S/C13H23NO4/c1-5-11(4)12(15)14-6-7-17-8-9-18-13(16)10(2)3/h11H,2,5-9H2,1,3-4H3,(H,14,15). The van der Waals surface area contributed by atoms with Gasteiger partial charge < -0.3 is 14.8 Å². The Balaban J connectivity index is 3.39. The van der Waals surface area contributed by atoms with Crippen molar-refractivity contribution in [3.8, 4) is 0 Å². The molecule has 1 amide bonds. The Morgan fingerprint density at radius 3 is 2.50 bits per heavy atom. The quantitative estimate of drug-likeness (QED) is 0.384. The van der Waals surface area contributed by atoms with E-state index in [1.807, 2.05) is 13.8 Å². The second-order valence-electron chi connectivity index (χ2n) is 4.13. The highest BCUT2D eigenvalue weighted by molar-refractivity contribution is 5.86. The van der Waals surface area contributed by atoms with Crippen LogP contribution in [0.1, 0.15) is 27.2 Å². The SMILES string of the molecule is C=C(C)C(=O)OCCOCCNC(=O)C(C)CC. The lowest BCUT2D eigenvalue weighted by Crippen LogP contribution is -2.31. The number of hydrogen-bond acceptors (Lipinski definition) is 4. The van der Waals surface area contributed by atoms with Crippen molar-refractivity contribution in [2.45, 2.75) is 27.2 Å². The van der Waals surface area contributed by atoms with Gasteiger partial charge in [0.25, 0.3) is 0 Å². The molecule has 5 heteroatoms. The monoisotopic (exact) mass is 257 g/mol. The number of hydrogen-bond donors (Lipinski definition) is 1. The predicted octanol–water partition coefficient (Wildman–Crippen LogP) is 1.28. The van der Waals surface area contributed by atoms with Crippen LogP contribution in [-0.4, -0.2) is 38.2 Å². The maximum absolute atomic E-state index is 11.4. The van der Waals surface area contributed by atoms with Gasteiger partial charge in [-0.15, -0.1) is 0 Å². The summed E-state index contributed by atoms with van der Waals surface area (Å²) < 4.78 is 10.0. The van der Waals surface area contributed by atoms with Crippen molar-refractivity contribution in [3.63, 3.8) is 0 Å². The molecule has 0 aliphatic rings. The molecule has 0 aromatic heterocycles. The highest BCUT2D eigenvalue weighted by Crippen LogP contribution is 1.98. The second-order valence-corrected chi connectivity index (χ2v) is 4.13. The maximum Gasteiger partial charge on any atom is 0.333 e. The van der Waals surface area contributed by atoms with Crippen molar-refractivity contribution in [2.24, 2.45) is 5.92 Å². The first-order valence-electron chi connectivity index (χ1n) is 6.17. The van der Waals surface area contributed by atoms with Crippen LogP contribution in [0.15, 0.2) is 12.2 Å². The summed E-state index contributed by atoms with van der Waals surface area (Å²) in [4.78, 5) is 22.4. The molecule has 0 rings (SSSR count). The summed E-state index contributed by atoms with van der Waals surface area (Å²) in [6.45, 7) is 10.3. The zero-order valence-corrected chi connectivity index (χ0v) is 11.5. The number of carbonyl (C=O) groups is 2. The third-order valence-electron chi connectivity index (χ3n) is 2.41. The molecule has 104 valence electrons. The largest absolute Gasteiger partial charge is 0.460 e. The fraction of sp³-hybridized carbons (Fsp3) is 0.692. The van der Waals surface area contributed by atoms with E-state index in [1.54, 1.807) is 6.92 Å². The smallest absolute Gasteiger partial charge is 0.333 e. The van der Waals surface area contributed by atoms with Crippen molar-refractivity contribution < 1.29 is 19.1 Å². The summed E-state index contributed by atoms with van der Waals surface area (Å²) in [7, 11) is 0. The topological polar surface area (TPSA) is 64.6 Å². The summed E-state index contributed by atoms with van der Waals surface area (Å²) in [5, 5.41) is 2.77. The van der Waals surface area contributed by atoms with Gasteiger partial charge in [0, 0.05) is 18.0 Å². The zero-order valence-electron chi connectivity index (χ0n) is 11.5. The van der Waals surface area contributed by atoms with Gasteiger partial charge >= 0.3 is 5.97 Å². The molecule has 1 N–H and O–H groups in total. The Hall–Kier alpha value is -1.36. The molecule has 0 fully saturated rings. The average Bonchev–Trinajstić information content (AvgIpc) is 2.35. The van der Waals surface area contributed by atoms with E-state index >= 15 is 0 Å². The van der Waals surface area contributed by atoms with Crippen LogP contribution < -0.4 is 5.32 Å². The number of carbonyl (C=O) groups excluding carboxylic acids is 2. The predicted molar refractivity (Wildman–Crippen MR) is 69.1 cm³/mol. The minimum Gasteiger partial charge on any atom is -0.460 e. The Morgan fingerprint density at radius 2 is 1.94 bits per heavy atom. The van der Waals surface area contributed by atoms with Crippen molar-refractivity contribution in [2.75, 3.05) is 26.4 Å². The van der Waals surface area contributed by atoms with Crippen LogP contribution in [0, 0.1) is 5.92 Å². The van der Waals surface area contributed by atoms with E-state index < -0.39 is 5.97 Å². The molecule has 0 bridgehead atoms. The molecule has 0 spiro atoms. The van der Waals surface area contributed by atoms with Crippen LogP contribution in [0.5, 0.6) is 0 Å². The molecule has 1 atom stereocenters. The Bertz CT molecular complexity index is 289. The van der Waals surface area contributed by atoms with Gasteiger partial charge in [0.1, 0.15) is 6.61 Å². The fourth-order valence-electron chi connectivity index (χ4n) is 1.02. The van der Waals surface area contributed by atoms with Crippen molar-refractivity contribution in [1.82, 2.24) is 5.32 Å². The van der Waals surface area contributed by atoms with Crippen molar-refractivity contribution in [3.05, 3.63) is 12.2 Å². The van der Waals surface area contributed by atoms with Crippen LogP contribution >= 0.6 is 0 Å². The molecule has 0 aliphatic carbocycles. The van der Waals surface area contributed by atoms with Gasteiger partial charge in [-0.05, 0) is 13.3 Å². The summed E-state index contributed by atoms with van der Waals surface area (Å²) in [6, 6.07) is 0. The summed E-state index contributed by atoms with van der Waals surface area (Å²) >= 11 is 0. The Labute approximate surface area is 109 Å². The molecule has 0 saturated carbocycles. The lowest BCUT2D eigenvalue weighted by Gasteiger charge is -2.10. The number of nitrogens with one attached hydrogen (secondary N) is 1. The Morgan fingerprint density at radius 1 is 1.28 bits per heavy atom.